The molecule has 6 nitrogen and oxygen atoms in total. The molecule has 21 heavy (non-hydrogen) atoms. The Kier molecular flexibility index (Phi) is 4.70. The summed E-state index contributed by atoms with van der Waals surface area (Å²) in [6.45, 7) is 3.17. The summed E-state index contributed by atoms with van der Waals surface area (Å²) in [5.74, 6) is -1.28. The number of ether oxygens (including phenoxy) is 1. The fourth-order valence-corrected chi connectivity index (χ4v) is 2.22. The molecule has 2 heterocycles. The number of nitrogens with zero attached hydrogens (tertiary/aromatic N) is 1. The number of aliphatic carboxylic acids is 1. The SMILES string of the molecule is CC1(NC(=O)c2cncc(/C=C/C(=O)O)c2)CCCOC1. The lowest BCUT2D eigenvalue weighted by molar-refractivity contribution is -0.131. The molecule has 2 rings (SSSR count). The van der Waals surface area contributed by atoms with Gasteiger partial charge in [-0.3, -0.25) is 9.78 Å². The first-order valence-electron chi connectivity index (χ1n) is 6.75. The van der Waals surface area contributed by atoms with Crippen molar-refractivity contribution in [3.63, 3.8) is 0 Å². The van der Waals surface area contributed by atoms with Gasteiger partial charge in [0.2, 0.25) is 0 Å². The normalized spacial score (nSPS) is 22.1. The summed E-state index contributed by atoms with van der Waals surface area (Å²) in [5, 5.41) is 11.6. The van der Waals surface area contributed by atoms with E-state index in [1.807, 2.05) is 6.92 Å². The Morgan fingerprint density at radius 1 is 1.48 bits per heavy atom. The highest BCUT2D eigenvalue weighted by Crippen LogP contribution is 2.19. The monoisotopic (exact) mass is 290 g/mol. The van der Waals surface area contributed by atoms with Crippen molar-refractivity contribution < 1.29 is 19.4 Å². The molecular formula is C15H18N2O4. The molecule has 1 aromatic rings. The Hall–Kier alpha value is -2.21. The van der Waals surface area contributed by atoms with Crippen LogP contribution in [0.15, 0.2) is 24.5 Å². The van der Waals surface area contributed by atoms with Gasteiger partial charge in [0, 0.05) is 25.1 Å². The molecular weight excluding hydrogens is 272 g/mol. The number of carboxylic acid groups (broad SMARTS) is 1. The van der Waals surface area contributed by atoms with Crippen LogP contribution in [0.4, 0.5) is 0 Å². The van der Waals surface area contributed by atoms with Gasteiger partial charge in [-0.2, -0.15) is 0 Å². The molecule has 1 aromatic heterocycles. The Balaban J connectivity index is 2.08. The maximum atomic E-state index is 12.3. The second-order valence-corrected chi connectivity index (χ2v) is 5.35. The number of nitrogens with one attached hydrogen (secondary N) is 1. The molecule has 1 fully saturated rings. The molecule has 1 saturated heterocycles. The molecule has 0 spiro atoms. The van der Waals surface area contributed by atoms with E-state index in [1.54, 1.807) is 6.07 Å². The van der Waals surface area contributed by atoms with Crippen LogP contribution in [0.3, 0.4) is 0 Å². The molecule has 1 unspecified atom stereocenters. The molecule has 0 aliphatic carbocycles. The Bertz CT molecular complexity index is 563. The van der Waals surface area contributed by atoms with Crippen LogP contribution >= 0.6 is 0 Å². The molecule has 1 amide bonds. The van der Waals surface area contributed by atoms with E-state index in [0.717, 1.165) is 25.5 Å². The van der Waals surface area contributed by atoms with Gasteiger partial charge in [0.25, 0.3) is 5.91 Å². The van der Waals surface area contributed by atoms with Crippen LogP contribution in [0, 0.1) is 0 Å². The van der Waals surface area contributed by atoms with E-state index >= 15 is 0 Å². The molecule has 1 atom stereocenters. The van der Waals surface area contributed by atoms with Crippen LogP contribution in [0.2, 0.25) is 0 Å². The van der Waals surface area contributed by atoms with Gasteiger partial charge in [-0.15, -0.1) is 0 Å². The second kappa shape index (κ2) is 6.49. The smallest absolute Gasteiger partial charge is 0.328 e. The van der Waals surface area contributed by atoms with Crippen LogP contribution in [0.25, 0.3) is 6.08 Å². The molecule has 1 aliphatic rings. The van der Waals surface area contributed by atoms with E-state index in [2.05, 4.69) is 10.3 Å². The van der Waals surface area contributed by atoms with Gasteiger partial charge in [-0.25, -0.2) is 4.79 Å². The average molecular weight is 290 g/mol. The van der Waals surface area contributed by atoms with Crippen LogP contribution in [-0.2, 0) is 9.53 Å². The van der Waals surface area contributed by atoms with Gasteiger partial charge in [0.15, 0.2) is 0 Å². The number of hydrogen-bond acceptors (Lipinski definition) is 4. The van der Waals surface area contributed by atoms with Crippen molar-refractivity contribution >= 4 is 18.0 Å². The summed E-state index contributed by atoms with van der Waals surface area (Å²) in [6, 6.07) is 1.61. The molecule has 0 aromatic carbocycles. The number of hydrogen-bond donors (Lipinski definition) is 2. The molecule has 0 radical (unpaired) electrons. The summed E-state index contributed by atoms with van der Waals surface area (Å²) in [4.78, 5) is 26.7. The lowest BCUT2D eigenvalue weighted by Crippen LogP contribution is -2.51. The highest BCUT2D eigenvalue weighted by atomic mass is 16.5. The van der Waals surface area contributed by atoms with Crippen molar-refractivity contribution in [2.24, 2.45) is 0 Å². The zero-order valence-corrected chi connectivity index (χ0v) is 11.8. The van der Waals surface area contributed by atoms with Crippen molar-refractivity contribution in [1.29, 1.82) is 0 Å². The standard InChI is InChI=1S/C15H18N2O4/c1-15(5-2-6-21-10-15)17-14(20)12-7-11(8-16-9-12)3-4-13(18)19/h3-4,7-9H,2,5-6,10H2,1H3,(H,17,20)(H,18,19)/b4-3+. The van der Waals surface area contributed by atoms with E-state index in [1.165, 1.54) is 18.5 Å². The molecule has 0 bridgehead atoms. The summed E-state index contributed by atoms with van der Waals surface area (Å²) in [5.41, 5.74) is 0.590. The van der Waals surface area contributed by atoms with Crippen LogP contribution < -0.4 is 5.32 Å². The molecule has 0 saturated carbocycles. The Labute approximate surface area is 122 Å². The van der Waals surface area contributed by atoms with E-state index in [0.29, 0.717) is 17.7 Å². The van der Waals surface area contributed by atoms with Crippen LogP contribution in [-0.4, -0.2) is 40.7 Å². The van der Waals surface area contributed by atoms with Gasteiger partial charge < -0.3 is 15.2 Å². The predicted molar refractivity (Wildman–Crippen MR) is 76.8 cm³/mol. The Morgan fingerprint density at radius 2 is 2.29 bits per heavy atom. The molecule has 1 aliphatic heterocycles. The number of aromatic nitrogens is 1. The topological polar surface area (TPSA) is 88.5 Å². The maximum absolute atomic E-state index is 12.3. The minimum absolute atomic E-state index is 0.235. The first-order chi connectivity index (χ1) is 9.98. The van der Waals surface area contributed by atoms with Gasteiger partial charge in [0.05, 0.1) is 17.7 Å². The lowest BCUT2D eigenvalue weighted by Gasteiger charge is -2.34. The number of carboxylic acids is 1. The van der Waals surface area contributed by atoms with Crippen LogP contribution in [0.5, 0.6) is 0 Å². The predicted octanol–water partition coefficient (Wildman–Crippen LogP) is 1.48. The van der Waals surface area contributed by atoms with Crippen molar-refractivity contribution in [2.45, 2.75) is 25.3 Å². The average Bonchev–Trinajstić information content (AvgIpc) is 2.45. The van der Waals surface area contributed by atoms with E-state index in [4.69, 9.17) is 9.84 Å². The zero-order chi connectivity index (χ0) is 15.3. The van der Waals surface area contributed by atoms with Gasteiger partial charge in [0.1, 0.15) is 0 Å². The third kappa shape index (κ3) is 4.39. The summed E-state index contributed by atoms with van der Waals surface area (Å²) < 4.78 is 5.40. The maximum Gasteiger partial charge on any atom is 0.328 e. The zero-order valence-electron chi connectivity index (χ0n) is 11.8. The van der Waals surface area contributed by atoms with Crippen molar-refractivity contribution in [3.05, 3.63) is 35.7 Å². The number of pyridine rings is 1. The first-order valence-corrected chi connectivity index (χ1v) is 6.75. The summed E-state index contributed by atoms with van der Waals surface area (Å²) in [7, 11) is 0. The van der Waals surface area contributed by atoms with Crippen molar-refractivity contribution in [3.8, 4) is 0 Å². The van der Waals surface area contributed by atoms with E-state index in [-0.39, 0.29) is 11.4 Å². The van der Waals surface area contributed by atoms with E-state index < -0.39 is 5.97 Å². The quantitative estimate of drug-likeness (QED) is 0.820. The number of rotatable bonds is 4. The number of amides is 1. The van der Waals surface area contributed by atoms with Crippen LogP contribution in [0.1, 0.15) is 35.7 Å². The lowest BCUT2D eigenvalue weighted by atomic mass is 9.94. The van der Waals surface area contributed by atoms with E-state index in [9.17, 15) is 9.59 Å². The first kappa shape index (κ1) is 15.2. The third-order valence-electron chi connectivity index (χ3n) is 3.29. The number of carbonyl (C=O) groups excluding carboxylic acids is 1. The highest BCUT2D eigenvalue weighted by Gasteiger charge is 2.29. The summed E-state index contributed by atoms with van der Waals surface area (Å²) >= 11 is 0. The fraction of sp³-hybridized carbons (Fsp3) is 0.400. The fourth-order valence-electron chi connectivity index (χ4n) is 2.22. The van der Waals surface area contributed by atoms with Crippen molar-refractivity contribution in [1.82, 2.24) is 10.3 Å². The minimum Gasteiger partial charge on any atom is -0.478 e. The van der Waals surface area contributed by atoms with Gasteiger partial charge in [-0.05, 0) is 37.5 Å². The molecule has 2 N–H and O–H groups in total. The second-order valence-electron chi connectivity index (χ2n) is 5.35. The van der Waals surface area contributed by atoms with Gasteiger partial charge in [-0.1, -0.05) is 0 Å². The Morgan fingerprint density at radius 3 is 2.95 bits per heavy atom. The largest absolute Gasteiger partial charge is 0.478 e. The minimum atomic E-state index is -1.04. The number of carbonyl (C=O) groups is 2. The van der Waals surface area contributed by atoms with Gasteiger partial charge >= 0.3 is 5.97 Å². The van der Waals surface area contributed by atoms with Crippen molar-refractivity contribution in [2.75, 3.05) is 13.2 Å². The molecule has 6 heteroatoms. The third-order valence-corrected chi connectivity index (χ3v) is 3.29. The summed E-state index contributed by atoms with van der Waals surface area (Å²) in [6.07, 6.45) is 7.15. The highest BCUT2D eigenvalue weighted by molar-refractivity contribution is 5.95. The molecule has 112 valence electrons.